The van der Waals surface area contributed by atoms with Gasteiger partial charge in [0.05, 0.1) is 0 Å². The molecule has 7 heteroatoms. The lowest BCUT2D eigenvalue weighted by Crippen LogP contribution is -2.53. The summed E-state index contributed by atoms with van der Waals surface area (Å²) in [5.74, 6) is -1.96. The molecule has 0 bridgehead atoms. The van der Waals surface area contributed by atoms with Gasteiger partial charge in [0.2, 0.25) is 0 Å². The van der Waals surface area contributed by atoms with Crippen LogP contribution in [0, 0.1) is 6.92 Å². The summed E-state index contributed by atoms with van der Waals surface area (Å²) in [6, 6.07) is 1.58. The number of aromatic carboxylic acids is 1. The summed E-state index contributed by atoms with van der Waals surface area (Å²) < 4.78 is 0. The minimum atomic E-state index is -0.970. The largest absolute Gasteiger partial charge is 0.477 e. The standard InChI is InChI=1S/C13H16N2O4S/c1-3-14-4-5-15(12(17)11(14)16)7-9-6-10(13(18)19)20-8(9)2/h6H,3-5,7H2,1-2H3,(H,18,19). The zero-order valence-corrected chi connectivity index (χ0v) is 12.2. The molecule has 0 atom stereocenters. The molecule has 20 heavy (non-hydrogen) atoms. The van der Waals surface area contributed by atoms with Crippen molar-refractivity contribution in [1.82, 2.24) is 9.80 Å². The zero-order valence-electron chi connectivity index (χ0n) is 11.4. The summed E-state index contributed by atoms with van der Waals surface area (Å²) in [5, 5.41) is 8.96. The Morgan fingerprint density at radius 1 is 1.30 bits per heavy atom. The molecule has 0 aliphatic carbocycles. The molecule has 1 fully saturated rings. The third kappa shape index (κ3) is 2.67. The number of carbonyl (C=O) groups excluding carboxylic acids is 2. The lowest BCUT2D eigenvalue weighted by molar-refractivity contribution is -0.156. The zero-order chi connectivity index (χ0) is 14.9. The first-order valence-electron chi connectivity index (χ1n) is 6.34. The fraction of sp³-hybridized carbons (Fsp3) is 0.462. The van der Waals surface area contributed by atoms with E-state index in [4.69, 9.17) is 5.11 Å². The third-order valence-corrected chi connectivity index (χ3v) is 4.45. The average molecular weight is 296 g/mol. The second-order valence-corrected chi connectivity index (χ2v) is 5.87. The summed E-state index contributed by atoms with van der Waals surface area (Å²) in [6.45, 7) is 5.48. The number of piperazine rings is 1. The van der Waals surface area contributed by atoms with Crippen LogP contribution in [0.2, 0.25) is 0 Å². The van der Waals surface area contributed by atoms with Gasteiger partial charge in [0.15, 0.2) is 0 Å². The van der Waals surface area contributed by atoms with E-state index in [1.165, 1.54) is 21.1 Å². The number of thiophene rings is 1. The lowest BCUT2D eigenvalue weighted by Gasteiger charge is -2.33. The van der Waals surface area contributed by atoms with Crippen LogP contribution in [-0.4, -0.2) is 52.3 Å². The Morgan fingerprint density at radius 3 is 2.45 bits per heavy atom. The number of likely N-dealkylation sites (N-methyl/N-ethyl adjacent to an activating group) is 1. The quantitative estimate of drug-likeness (QED) is 0.839. The third-order valence-electron chi connectivity index (χ3n) is 3.37. The summed E-state index contributed by atoms with van der Waals surface area (Å²) in [5.41, 5.74) is 0.790. The van der Waals surface area contributed by atoms with Crippen LogP contribution in [0.4, 0.5) is 0 Å². The summed E-state index contributed by atoms with van der Waals surface area (Å²) in [6.07, 6.45) is 0. The van der Waals surface area contributed by atoms with Crippen molar-refractivity contribution in [2.24, 2.45) is 0 Å². The van der Waals surface area contributed by atoms with Crippen molar-refractivity contribution >= 4 is 29.1 Å². The molecule has 1 aliphatic heterocycles. The Morgan fingerprint density at radius 2 is 1.90 bits per heavy atom. The van der Waals surface area contributed by atoms with Gasteiger partial charge in [-0.05, 0) is 25.5 Å². The number of rotatable bonds is 4. The normalized spacial score (nSPS) is 15.9. The number of nitrogens with zero attached hydrogens (tertiary/aromatic N) is 2. The van der Waals surface area contributed by atoms with Crippen LogP contribution in [0.3, 0.4) is 0 Å². The first-order chi connectivity index (χ1) is 9.43. The molecule has 0 saturated carbocycles. The number of carboxylic acids is 1. The van der Waals surface area contributed by atoms with Gasteiger partial charge in [-0.1, -0.05) is 0 Å². The van der Waals surface area contributed by atoms with Crippen LogP contribution in [-0.2, 0) is 16.1 Å². The van der Waals surface area contributed by atoms with Crippen molar-refractivity contribution in [3.63, 3.8) is 0 Å². The van der Waals surface area contributed by atoms with Crippen LogP contribution in [0.1, 0.15) is 27.0 Å². The van der Waals surface area contributed by atoms with Crippen molar-refractivity contribution in [3.05, 3.63) is 21.4 Å². The molecule has 2 rings (SSSR count). The number of amides is 2. The Kier molecular flexibility index (Phi) is 4.08. The first kappa shape index (κ1) is 14.5. The molecular formula is C13H16N2O4S. The van der Waals surface area contributed by atoms with Crippen molar-refractivity contribution in [3.8, 4) is 0 Å². The minimum Gasteiger partial charge on any atom is -0.477 e. The Bertz CT molecular complexity index is 567. The van der Waals surface area contributed by atoms with Gasteiger partial charge >= 0.3 is 17.8 Å². The van der Waals surface area contributed by atoms with Gasteiger partial charge in [-0.15, -0.1) is 11.3 Å². The highest BCUT2D eigenvalue weighted by Crippen LogP contribution is 2.23. The van der Waals surface area contributed by atoms with Crippen molar-refractivity contribution in [2.75, 3.05) is 19.6 Å². The number of carboxylic acid groups (broad SMARTS) is 1. The van der Waals surface area contributed by atoms with E-state index in [9.17, 15) is 14.4 Å². The molecule has 1 N–H and O–H groups in total. The summed E-state index contributed by atoms with van der Waals surface area (Å²) in [4.78, 5) is 38.8. The summed E-state index contributed by atoms with van der Waals surface area (Å²) in [7, 11) is 0. The van der Waals surface area contributed by atoms with Gasteiger partial charge in [0.1, 0.15) is 4.88 Å². The maximum absolute atomic E-state index is 12.0. The lowest BCUT2D eigenvalue weighted by atomic mass is 10.2. The van der Waals surface area contributed by atoms with E-state index in [2.05, 4.69) is 0 Å². The Labute approximate surface area is 120 Å². The van der Waals surface area contributed by atoms with Crippen LogP contribution >= 0.6 is 11.3 Å². The molecule has 0 spiro atoms. The molecular weight excluding hydrogens is 280 g/mol. The van der Waals surface area contributed by atoms with Crippen LogP contribution in [0.15, 0.2) is 6.07 Å². The van der Waals surface area contributed by atoms with Crippen molar-refractivity contribution in [1.29, 1.82) is 0 Å². The van der Waals surface area contributed by atoms with Gasteiger partial charge in [0, 0.05) is 31.1 Å². The van der Waals surface area contributed by atoms with Crippen LogP contribution < -0.4 is 0 Å². The molecule has 1 aromatic heterocycles. The molecule has 108 valence electrons. The van der Waals surface area contributed by atoms with E-state index in [0.29, 0.717) is 19.6 Å². The number of hydrogen-bond acceptors (Lipinski definition) is 4. The predicted molar refractivity (Wildman–Crippen MR) is 73.7 cm³/mol. The molecule has 0 aromatic carbocycles. The van der Waals surface area contributed by atoms with E-state index >= 15 is 0 Å². The highest BCUT2D eigenvalue weighted by molar-refractivity contribution is 7.14. The molecule has 0 radical (unpaired) electrons. The topological polar surface area (TPSA) is 77.9 Å². The Balaban J connectivity index is 2.13. The molecule has 1 saturated heterocycles. The second kappa shape index (κ2) is 5.62. The Hall–Kier alpha value is -1.89. The van der Waals surface area contributed by atoms with Crippen LogP contribution in [0.5, 0.6) is 0 Å². The van der Waals surface area contributed by atoms with Gasteiger partial charge in [-0.2, -0.15) is 0 Å². The van der Waals surface area contributed by atoms with Crippen LogP contribution in [0.25, 0.3) is 0 Å². The minimum absolute atomic E-state index is 0.253. The number of aryl methyl sites for hydroxylation is 1. The predicted octanol–water partition coefficient (Wildman–Crippen LogP) is 0.945. The fourth-order valence-electron chi connectivity index (χ4n) is 2.16. The van der Waals surface area contributed by atoms with E-state index in [1.807, 2.05) is 13.8 Å². The van der Waals surface area contributed by atoms with E-state index < -0.39 is 17.8 Å². The smallest absolute Gasteiger partial charge is 0.345 e. The average Bonchev–Trinajstić information content (AvgIpc) is 2.77. The number of hydrogen-bond donors (Lipinski definition) is 1. The van der Waals surface area contributed by atoms with Gasteiger partial charge in [0.25, 0.3) is 0 Å². The molecule has 2 amide bonds. The maximum Gasteiger partial charge on any atom is 0.345 e. The highest BCUT2D eigenvalue weighted by atomic mass is 32.1. The highest BCUT2D eigenvalue weighted by Gasteiger charge is 2.31. The number of carbonyl (C=O) groups is 3. The maximum atomic E-state index is 12.0. The SMILES string of the molecule is CCN1CCN(Cc2cc(C(=O)O)sc2C)C(=O)C1=O. The van der Waals surface area contributed by atoms with Gasteiger partial charge in [-0.3, -0.25) is 9.59 Å². The molecule has 0 unspecified atom stereocenters. The van der Waals surface area contributed by atoms with E-state index in [-0.39, 0.29) is 11.4 Å². The van der Waals surface area contributed by atoms with E-state index in [0.717, 1.165) is 10.4 Å². The molecule has 2 heterocycles. The van der Waals surface area contributed by atoms with Gasteiger partial charge < -0.3 is 14.9 Å². The first-order valence-corrected chi connectivity index (χ1v) is 7.16. The molecule has 1 aliphatic rings. The van der Waals surface area contributed by atoms with Gasteiger partial charge in [-0.25, -0.2) is 4.79 Å². The second-order valence-electron chi connectivity index (χ2n) is 4.61. The van der Waals surface area contributed by atoms with Crippen molar-refractivity contribution in [2.45, 2.75) is 20.4 Å². The molecule has 6 nitrogen and oxygen atoms in total. The fourth-order valence-corrected chi connectivity index (χ4v) is 3.03. The van der Waals surface area contributed by atoms with E-state index in [1.54, 1.807) is 6.07 Å². The van der Waals surface area contributed by atoms with Crippen molar-refractivity contribution < 1.29 is 19.5 Å². The summed E-state index contributed by atoms with van der Waals surface area (Å²) >= 11 is 1.19. The monoisotopic (exact) mass is 296 g/mol. The molecule has 1 aromatic rings.